The normalized spacial score (nSPS) is 17.9. The number of nitrogens with one attached hydrogen (secondary N) is 1. The van der Waals surface area contributed by atoms with Crippen molar-refractivity contribution in [2.45, 2.75) is 46.1 Å². The molecule has 47 heavy (non-hydrogen) atoms. The van der Waals surface area contributed by atoms with E-state index in [0.29, 0.717) is 45.7 Å². The monoisotopic (exact) mass is 703 g/mol. The van der Waals surface area contributed by atoms with Crippen LogP contribution in [0.4, 0.5) is 5.95 Å². The summed E-state index contributed by atoms with van der Waals surface area (Å²) in [4.78, 5) is 32.4. The molecule has 0 bridgehead atoms. The topological polar surface area (TPSA) is 110 Å². The summed E-state index contributed by atoms with van der Waals surface area (Å²) in [7, 11) is 0. The lowest BCUT2D eigenvalue weighted by Gasteiger charge is -2.34. The number of carbonyl (C=O) groups excluding carboxylic acids is 1. The van der Waals surface area contributed by atoms with E-state index in [0.717, 1.165) is 95.1 Å². The van der Waals surface area contributed by atoms with E-state index >= 15 is 0 Å². The SMILES string of the molecule is C=C(Cl)/C=C(\C=C(\Cl)CC)c1cc(CN2CCC(CNC(C)=O)CC2)cc(Oc2cnc(N3CCN(CCC[S+](C)[O-])CC3)nc2)n1. The van der Waals surface area contributed by atoms with Crippen LogP contribution in [0.1, 0.15) is 50.8 Å². The molecule has 2 aliphatic heterocycles. The second kappa shape index (κ2) is 18.8. The van der Waals surface area contributed by atoms with E-state index in [2.05, 4.69) is 36.6 Å². The molecule has 2 saturated heterocycles. The average molecular weight is 705 g/mol. The van der Waals surface area contributed by atoms with Gasteiger partial charge in [-0.15, -0.1) is 0 Å². The Kier molecular flexibility index (Phi) is 14.8. The molecule has 4 heterocycles. The zero-order valence-corrected chi connectivity index (χ0v) is 30.0. The van der Waals surface area contributed by atoms with Crippen LogP contribution in [0.5, 0.6) is 11.6 Å². The fourth-order valence-corrected chi connectivity index (χ4v) is 6.45. The van der Waals surface area contributed by atoms with Crippen LogP contribution in [0.3, 0.4) is 0 Å². The number of rotatable bonds is 15. The molecule has 1 N–H and O–H groups in total. The van der Waals surface area contributed by atoms with Crippen molar-refractivity contribution in [2.75, 3.05) is 69.3 Å². The molecule has 0 aliphatic carbocycles. The van der Waals surface area contributed by atoms with Crippen LogP contribution >= 0.6 is 23.2 Å². The summed E-state index contributed by atoms with van der Waals surface area (Å²) in [5.74, 6) is 2.82. The predicted octanol–water partition coefficient (Wildman–Crippen LogP) is 5.57. The fourth-order valence-electron chi connectivity index (χ4n) is 5.68. The minimum atomic E-state index is -0.746. The number of ether oxygens (including phenoxy) is 1. The molecule has 256 valence electrons. The maximum absolute atomic E-state index is 11.4. The van der Waals surface area contributed by atoms with Crippen molar-refractivity contribution in [1.82, 2.24) is 30.1 Å². The molecule has 2 aromatic heterocycles. The van der Waals surface area contributed by atoms with Crippen LogP contribution in [-0.4, -0.2) is 99.6 Å². The van der Waals surface area contributed by atoms with Crippen molar-refractivity contribution in [2.24, 2.45) is 5.92 Å². The smallest absolute Gasteiger partial charge is 0.225 e. The lowest BCUT2D eigenvalue weighted by atomic mass is 9.96. The maximum atomic E-state index is 11.4. The Bertz CT molecular complexity index is 1390. The van der Waals surface area contributed by atoms with Gasteiger partial charge >= 0.3 is 0 Å². The standard InChI is InChI=1S/C34H47Cl2N7O3S/c1-5-30(36)20-29(17-25(2)35)32-18-28(24-42-10-7-27(8-11-42)21-37-26(3)44)19-33(40-32)46-31-22-38-34(39-23-31)43-14-12-41(13-15-43)9-6-16-47(4)45/h17-20,22-23,27H,2,5-16,21,24H2,1,3-4H3,(H,37,44)/b29-17+,30-20+. The zero-order valence-electron chi connectivity index (χ0n) is 27.7. The van der Waals surface area contributed by atoms with Gasteiger partial charge in [0, 0.05) is 80.9 Å². The van der Waals surface area contributed by atoms with Crippen molar-refractivity contribution < 1.29 is 14.1 Å². The van der Waals surface area contributed by atoms with E-state index in [4.69, 9.17) is 32.9 Å². The van der Waals surface area contributed by atoms with Crippen molar-refractivity contribution in [3.05, 3.63) is 64.6 Å². The largest absolute Gasteiger partial charge is 0.617 e. The van der Waals surface area contributed by atoms with Gasteiger partial charge in [-0.05, 0) is 62.1 Å². The van der Waals surface area contributed by atoms with Gasteiger partial charge in [0.1, 0.15) is 5.75 Å². The number of pyridine rings is 1. The number of piperidine rings is 1. The van der Waals surface area contributed by atoms with Crippen molar-refractivity contribution in [3.8, 4) is 11.6 Å². The first kappa shape index (κ1) is 37.2. The third kappa shape index (κ3) is 12.7. The number of halogens is 2. The molecular weight excluding hydrogens is 657 g/mol. The Morgan fingerprint density at radius 1 is 1.11 bits per heavy atom. The van der Waals surface area contributed by atoms with Gasteiger partial charge < -0.3 is 19.5 Å². The van der Waals surface area contributed by atoms with Crippen molar-refractivity contribution in [1.29, 1.82) is 0 Å². The predicted molar refractivity (Wildman–Crippen MR) is 192 cm³/mol. The summed E-state index contributed by atoms with van der Waals surface area (Å²) in [6.07, 6.45) is 12.4. The number of likely N-dealkylation sites (tertiary alicyclic amines) is 1. The van der Waals surface area contributed by atoms with E-state index < -0.39 is 11.2 Å². The van der Waals surface area contributed by atoms with Gasteiger partial charge in [0.2, 0.25) is 17.7 Å². The summed E-state index contributed by atoms with van der Waals surface area (Å²) >= 11 is 11.9. The second-order valence-corrected chi connectivity index (χ2v) is 14.7. The summed E-state index contributed by atoms with van der Waals surface area (Å²) in [5.41, 5.74) is 2.45. The van der Waals surface area contributed by atoms with Crippen LogP contribution in [0.15, 0.2) is 53.3 Å². The molecule has 0 radical (unpaired) electrons. The first-order chi connectivity index (χ1) is 22.6. The Balaban J connectivity index is 1.47. The van der Waals surface area contributed by atoms with Crippen molar-refractivity contribution >= 4 is 51.8 Å². The van der Waals surface area contributed by atoms with Crippen molar-refractivity contribution in [3.63, 3.8) is 0 Å². The van der Waals surface area contributed by atoms with E-state index in [1.54, 1.807) is 31.6 Å². The Morgan fingerprint density at radius 3 is 2.43 bits per heavy atom. The third-order valence-electron chi connectivity index (χ3n) is 8.27. The Morgan fingerprint density at radius 2 is 1.81 bits per heavy atom. The number of aromatic nitrogens is 3. The molecule has 0 aromatic carbocycles. The molecule has 1 atom stereocenters. The molecule has 0 spiro atoms. The van der Waals surface area contributed by atoms with E-state index in [-0.39, 0.29) is 5.91 Å². The Hall–Kier alpha value is -2.67. The lowest BCUT2D eigenvalue weighted by molar-refractivity contribution is -0.119. The minimum absolute atomic E-state index is 0.0160. The highest BCUT2D eigenvalue weighted by molar-refractivity contribution is 7.90. The molecule has 1 amide bonds. The molecular formula is C34H47Cl2N7O3S. The second-order valence-electron chi connectivity index (χ2n) is 12.1. The van der Waals surface area contributed by atoms with Gasteiger partial charge in [-0.1, -0.05) is 47.9 Å². The first-order valence-electron chi connectivity index (χ1n) is 16.3. The molecule has 10 nitrogen and oxygen atoms in total. The average Bonchev–Trinajstić information content (AvgIpc) is 3.04. The highest BCUT2D eigenvalue weighted by Gasteiger charge is 2.21. The molecule has 2 aromatic rings. The quantitative estimate of drug-likeness (QED) is 0.188. The number of hydrogen-bond acceptors (Lipinski definition) is 9. The number of nitrogens with zero attached hydrogens (tertiary/aromatic N) is 6. The van der Waals surface area contributed by atoms with Gasteiger partial charge in [-0.3, -0.25) is 14.6 Å². The molecule has 2 aliphatic rings. The van der Waals surface area contributed by atoms with Gasteiger partial charge in [0.05, 0.1) is 24.3 Å². The van der Waals surface area contributed by atoms with Crippen LogP contribution in [0, 0.1) is 5.92 Å². The number of hydrogen-bond donors (Lipinski definition) is 1. The van der Waals surface area contributed by atoms with E-state index in [1.165, 1.54) is 0 Å². The van der Waals surface area contributed by atoms with Crippen LogP contribution in [0.2, 0.25) is 0 Å². The molecule has 13 heteroatoms. The summed E-state index contributed by atoms with van der Waals surface area (Å²) in [6.45, 7) is 15.2. The zero-order chi connectivity index (χ0) is 33.8. The highest BCUT2D eigenvalue weighted by Crippen LogP contribution is 2.29. The number of piperazine rings is 1. The summed E-state index contributed by atoms with van der Waals surface area (Å²) in [6, 6.07) is 3.99. The highest BCUT2D eigenvalue weighted by atomic mass is 35.5. The number of allylic oxidation sites excluding steroid dienone is 5. The summed E-state index contributed by atoms with van der Waals surface area (Å²) in [5, 5.41) is 4.00. The Labute approximate surface area is 292 Å². The number of carbonyl (C=O) groups is 1. The van der Waals surface area contributed by atoms with E-state index in [9.17, 15) is 9.35 Å². The molecule has 2 fully saturated rings. The van der Waals surface area contributed by atoms with Gasteiger partial charge in [-0.2, -0.15) is 0 Å². The summed E-state index contributed by atoms with van der Waals surface area (Å²) < 4.78 is 17.6. The minimum Gasteiger partial charge on any atom is -0.617 e. The van der Waals surface area contributed by atoms with Gasteiger partial charge in [0.25, 0.3) is 0 Å². The van der Waals surface area contributed by atoms with Crippen LogP contribution < -0.4 is 15.0 Å². The fraction of sp³-hybridized carbons (Fsp3) is 0.529. The lowest BCUT2D eigenvalue weighted by Crippen LogP contribution is -2.47. The van der Waals surface area contributed by atoms with E-state index in [1.807, 2.05) is 25.1 Å². The number of amides is 1. The van der Waals surface area contributed by atoms with Gasteiger partial charge in [0.15, 0.2) is 5.75 Å². The first-order valence-corrected chi connectivity index (χ1v) is 18.7. The maximum Gasteiger partial charge on any atom is 0.225 e. The molecule has 0 saturated carbocycles. The van der Waals surface area contributed by atoms with Crippen LogP contribution in [-0.2, 0) is 22.5 Å². The van der Waals surface area contributed by atoms with Crippen LogP contribution in [0.25, 0.3) is 5.57 Å². The molecule has 4 rings (SSSR count). The molecule has 1 unspecified atom stereocenters. The van der Waals surface area contributed by atoms with Gasteiger partial charge in [-0.25, -0.2) is 15.0 Å². The number of anilines is 1. The third-order valence-corrected chi connectivity index (χ3v) is 9.62.